The maximum absolute atomic E-state index is 12.3. The lowest BCUT2D eigenvalue weighted by atomic mass is 10.2. The van der Waals surface area contributed by atoms with E-state index in [1.54, 1.807) is 6.07 Å². The van der Waals surface area contributed by atoms with Crippen molar-refractivity contribution in [2.75, 3.05) is 6.61 Å². The Morgan fingerprint density at radius 2 is 1.96 bits per heavy atom. The van der Waals surface area contributed by atoms with Crippen LogP contribution >= 0.6 is 11.8 Å². The Hall–Kier alpha value is -2.80. The van der Waals surface area contributed by atoms with Gasteiger partial charge in [0, 0.05) is 6.07 Å². The molecule has 0 aliphatic carbocycles. The summed E-state index contributed by atoms with van der Waals surface area (Å²) in [6.45, 7) is 4.58. The Morgan fingerprint density at radius 3 is 2.81 bits per heavy atom. The molecule has 2 N–H and O–H groups in total. The fourth-order valence-electron chi connectivity index (χ4n) is 2.80. The summed E-state index contributed by atoms with van der Waals surface area (Å²) in [5, 5.41) is 1.32. The highest BCUT2D eigenvalue weighted by Gasteiger charge is 2.15. The van der Waals surface area contributed by atoms with Gasteiger partial charge in [-0.25, -0.2) is 9.97 Å². The predicted octanol–water partition coefficient (Wildman–Crippen LogP) is 4.05. The summed E-state index contributed by atoms with van der Waals surface area (Å²) < 4.78 is 5.52. The van der Waals surface area contributed by atoms with Crippen molar-refractivity contribution in [3.05, 3.63) is 58.6 Å². The third-order valence-electron chi connectivity index (χ3n) is 4.05. The average Bonchev–Trinajstić information content (AvgIpc) is 3.03. The molecule has 4 rings (SSSR count). The number of benzene rings is 2. The molecule has 0 fully saturated rings. The van der Waals surface area contributed by atoms with Crippen molar-refractivity contribution >= 4 is 33.7 Å². The zero-order valence-corrected chi connectivity index (χ0v) is 15.3. The number of nitrogens with zero attached hydrogens (tertiary/aromatic N) is 2. The van der Waals surface area contributed by atoms with Crippen molar-refractivity contribution in [2.45, 2.75) is 24.3 Å². The molecule has 6 nitrogen and oxygen atoms in total. The van der Waals surface area contributed by atoms with E-state index in [-0.39, 0.29) is 10.8 Å². The van der Waals surface area contributed by atoms with Crippen LogP contribution in [0.5, 0.6) is 5.75 Å². The topological polar surface area (TPSA) is 83.7 Å². The van der Waals surface area contributed by atoms with Gasteiger partial charge < -0.3 is 14.7 Å². The van der Waals surface area contributed by atoms with Gasteiger partial charge >= 0.3 is 0 Å². The second-order valence-electron chi connectivity index (χ2n) is 5.88. The van der Waals surface area contributed by atoms with Crippen molar-refractivity contribution in [2.24, 2.45) is 0 Å². The number of hydrogen-bond donors (Lipinski definition) is 2. The lowest BCUT2D eigenvalue weighted by Gasteiger charge is -2.09. The molecule has 0 saturated carbocycles. The number of aromatic amines is 2. The Bertz CT molecular complexity index is 1140. The molecule has 0 unspecified atom stereocenters. The largest absolute Gasteiger partial charge is 0.494 e. The number of imidazole rings is 1. The first kappa shape index (κ1) is 16.7. The molecule has 1 atom stereocenters. The first-order chi connectivity index (χ1) is 12.6. The van der Waals surface area contributed by atoms with Crippen LogP contribution in [-0.2, 0) is 0 Å². The Kier molecular flexibility index (Phi) is 4.38. The Balaban J connectivity index is 1.62. The van der Waals surface area contributed by atoms with Gasteiger partial charge in [-0.05, 0) is 38.1 Å². The Labute approximate surface area is 154 Å². The number of nitrogens with one attached hydrogen (secondary N) is 2. The molecule has 4 aromatic rings. The summed E-state index contributed by atoms with van der Waals surface area (Å²) in [4.78, 5) is 27.6. The van der Waals surface area contributed by atoms with Crippen molar-refractivity contribution in [1.82, 2.24) is 19.9 Å². The summed E-state index contributed by atoms with van der Waals surface area (Å²) in [7, 11) is 0. The van der Waals surface area contributed by atoms with Crippen LogP contribution in [0.1, 0.15) is 24.9 Å². The Morgan fingerprint density at radius 1 is 1.12 bits per heavy atom. The van der Waals surface area contributed by atoms with Crippen LogP contribution in [0.25, 0.3) is 21.9 Å². The summed E-state index contributed by atoms with van der Waals surface area (Å²) >= 11 is 1.52. The van der Waals surface area contributed by atoms with E-state index in [0.29, 0.717) is 23.3 Å². The lowest BCUT2D eigenvalue weighted by Crippen LogP contribution is -2.12. The smallest absolute Gasteiger partial charge is 0.258 e. The molecule has 26 heavy (non-hydrogen) atoms. The number of rotatable bonds is 5. The van der Waals surface area contributed by atoms with Gasteiger partial charge in [-0.1, -0.05) is 23.9 Å². The number of fused-ring (bicyclic) bond motifs is 2. The van der Waals surface area contributed by atoms with Crippen molar-refractivity contribution in [3.63, 3.8) is 0 Å². The van der Waals surface area contributed by atoms with Gasteiger partial charge in [0.05, 0.1) is 33.8 Å². The SMILES string of the molecule is CCOc1ccc2nc(S[C@@H](C)c3nc4ccccc4c(=O)[nH]3)[nH]c2c1. The number of aromatic nitrogens is 4. The molecule has 0 aliphatic rings. The third kappa shape index (κ3) is 3.17. The van der Waals surface area contributed by atoms with Crippen molar-refractivity contribution < 1.29 is 4.74 Å². The van der Waals surface area contributed by atoms with Crippen LogP contribution < -0.4 is 10.3 Å². The summed E-state index contributed by atoms with van der Waals surface area (Å²) in [6.07, 6.45) is 0. The third-order valence-corrected chi connectivity index (χ3v) is 5.04. The molecular formula is C19H18N4O2S. The van der Waals surface area contributed by atoms with Crippen LogP contribution in [0.15, 0.2) is 52.4 Å². The van der Waals surface area contributed by atoms with Gasteiger partial charge in [0.2, 0.25) is 0 Å². The fraction of sp³-hybridized carbons (Fsp3) is 0.211. The normalized spacial score (nSPS) is 12.5. The fourth-order valence-corrected chi connectivity index (χ4v) is 3.68. The van der Waals surface area contributed by atoms with E-state index in [1.165, 1.54) is 11.8 Å². The summed E-state index contributed by atoms with van der Waals surface area (Å²) in [5.74, 6) is 1.45. The standard InChI is InChI=1S/C19H18N4O2S/c1-3-25-12-8-9-15-16(10-12)22-19(21-15)26-11(2)17-20-14-7-5-4-6-13(14)18(24)23-17/h4-11H,3H2,1-2H3,(H,21,22)(H,20,23,24)/t11-/m0/s1. The number of H-pyrrole nitrogens is 2. The zero-order chi connectivity index (χ0) is 18.1. The minimum atomic E-state index is -0.121. The maximum atomic E-state index is 12.3. The first-order valence-corrected chi connectivity index (χ1v) is 9.30. The number of ether oxygens (including phenoxy) is 1. The van der Waals surface area contributed by atoms with E-state index in [9.17, 15) is 4.79 Å². The molecule has 0 bridgehead atoms. The molecule has 7 heteroatoms. The number of para-hydroxylation sites is 1. The summed E-state index contributed by atoms with van der Waals surface area (Å²) in [5.41, 5.74) is 2.38. The molecule has 132 valence electrons. The number of thioether (sulfide) groups is 1. The van der Waals surface area contributed by atoms with Gasteiger partial charge in [0.15, 0.2) is 5.16 Å². The summed E-state index contributed by atoms with van der Waals surface area (Å²) in [6, 6.07) is 13.1. The maximum Gasteiger partial charge on any atom is 0.258 e. The van der Waals surface area contributed by atoms with Gasteiger partial charge in [-0.3, -0.25) is 4.79 Å². The molecule has 0 aliphatic heterocycles. The average molecular weight is 366 g/mol. The highest BCUT2D eigenvalue weighted by Crippen LogP contribution is 2.33. The molecule has 0 amide bonds. The van der Waals surface area contributed by atoms with Crippen LogP contribution in [0.4, 0.5) is 0 Å². The quantitative estimate of drug-likeness (QED) is 0.521. The van der Waals surface area contributed by atoms with E-state index in [0.717, 1.165) is 21.9 Å². The lowest BCUT2D eigenvalue weighted by molar-refractivity contribution is 0.340. The number of hydrogen-bond acceptors (Lipinski definition) is 5. The van der Waals surface area contributed by atoms with Gasteiger partial charge in [0.1, 0.15) is 11.6 Å². The van der Waals surface area contributed by atoms with E-state index in [2.05, 4.69) is 19.9 Å². The highest BCUT2D eigenvalue weighted by molar-refractivity contribution is 7.99. The van der Waals surface area contributed by atoms with Crippen LogP contribution in [0, 0.1) is 0 Å². The molecule has 2 aromatic carbocycles. The van der Waals surface area contributed by atoms with Crippen LogP contribution in [-0.4, -0.2) is 26.5 Å². The van der Waals surface area contributed by atoms with E-state index < -0.39 is 0 Å². The van der Waals surface area contributed by atoms with E-state index >= 15 is 0 Å². The van der Waals surface area contributed by atoms with Gasteiger partial charge in [-0.2, -0.15) is 0 Å². The first-order valence-electron chi connectivity index (χ1n) is 8.42. The van der Waals surface area contributed by atoms with Crippen LogP contribution in [0.3, 0.4) is 0 Å². The van der Waals surface area contributed by atoms with Crippen molar-refractivity contribution in [1.29, 1.82) is 0 Å². The second-order valence-corrected chi connectivity index (χ2v) is 7.21. The van der Waals surface area contributed by atoms with Gasteiger partial charge in [-0.15, -0.1) is 0 Å². The predicted molar refractivity (Wildman–Crippen MR) is 104 cm³/mol. The molecule has 2 aromatic heterocycles. The molecular weight excluding hydrogens is 348 g/mol. The van der Waals surface area contributed by atoms with E-state index in [1.807, 2.05) is 50.2 Å². The van der Waals surface area contributed by atoms with E-state index in [4.69, 9.17) is 4.74 Å². The second kappa shape index (κ2) is 6.84. The minimum absolute atomic E-state index is 0.0563. The van der Waals surface area contributed by atoms with Gasteiger partial charge in [0.25, 0.3) is 5.56 Å². The molecule has 0 radical (unpaired) electrons. The monoisotopic (exact) mass is 366 g/mol. The molecule has 0 spiro atoms. The molecule has 2 heterocycles. The highest BCUT2D eigenvalue weighted by atomic mass is 32.2. The van der Waals surface area contributed by atoms with Crippen LogP contribution in [0.2, 0.25) is 0 Å². The van der Waals surface area contributed by atoms with Crippen molar-refractivity contribution in [3.8, 4) is 5.75 Å². The zero-order valence-electron chi connectivity index (χ0n) is 14.4. The minimum Gasteiger partial charge on any atom is -0.494 e. The molecule has 0 saturated heterocycles.